The van der Waals surface area contributed by atoms with Crippen LogP contribution in [0, 0.1) is 18.8 Å². The van der Waals surface area contributed by atoms with Crippen molar-refractivity contribution in [1.29, 1.82) is 0 Å². The van der Waals surface area contributed by atoms with Crippen LogP contribution in [-0.2, 0) is 20.7 Å². The molecule has 2 bridgehead atoms. The molecule has 4 aromatic rings. The Labute approximate surface area is 270 Å². The molecule has 0 amide bonds. The summed E-state index contributed by atoms with van der Waals surface area (Å²) in [5, 5.41) is 11.7. The van der Waals surface area contributed by atoms with Gasteiger partial charge in [0.15, 0.2) is 11.0 Å². The van der Waals surface area contributed by atoms with Gasteiger partial charge >= 0.3 is 5.97 Å². The number of hydrogen-bond donors (Lipinski definition) is 3. The Kier molecular flexibility index (Phi) is 6.47. The summed E-state index contributed by atoms with van der Waals surface area (Å²) in [5.74, 6) is 0.313. The van der Waals surface area contributed by atoms with Gasteiger partial charge in [0.25, 0.3) is 0 Å². The molecule has 11 nitrogen and oxygen atoms in total. The number of carbonyl (C=O) groups is 1. The summed E-state index contributed by atoms with van der Waals surface area (Å²) in [6.45, 7) is 5.44. The molecule has 0 saturated carbocycles. The van der Waals surface area contributed by atoms with E-state index in [0.717, 1.165) is 17.5 Å². The number of allylic oxidation sites excluding steroid dienone is 1. The van der Waals surface area contributed by atoms with Gasteiger partial charge in [-0.2, -0.15) is 0 Å². The van der Waals surface area contributed by atoms with E-state index in [1.54, 1.807) is 25.3 Å². The standard InChI is InChI=1S/C36H36N4O7/c1-17-12-23(41)30-24(44-17)16-25-31(32(30)42)29-19-5-7-21(8-6-19)36(34(43)45-33(29)35(2,3)46-25)26(47-36)9-4-18-13-22(40-28(38)14-18)20-10-11-39-27(37)15-20/h5,7,10-16,19,21,26,29,33,42H,4,6,8-9H2,1-3H3,(H2,37,39)(H2,38,40)/t19-,21+,26+,29+,33+,36-/m0/s1. The maximum Gasteiger partial charge on any atom is 0.342 e. The molecule has 2 saturated heterocycles. The number of nitrogen functional groups attached to an aromatic ring is 2. The fourth-order valence-electron chi connectivity index (χ4n) is 8.05. The molecular weight excluding hydrogens is 600 g/mol. The second-order valence-electron chi connectivity index (χ2n) is 13.7. The Bertz CT molecular complexity index is 2060. The highest BCUT2D eigenvalue weighted by atomic mass is 16.7. The van der Waals surface area contributed by atoms with E-state index in [1.807, 2.05) is 32.0 Å². The van der Waals surface area contributed by atoms with E-state index < -0.39 is 29.2 Å². The van der Waals surface area contributed by atoms with Crippen LogP contribution in [0.2, 0.25) is 0 Å². The number of nitrogens with two attached hydrogens (primary N) is 2. The van der Waals surface area contributed by atoms with Crippen molar-refractivity contribution in [1.82, 2.24) is 9.97 Å². The van der Waals surface area contributed by atoms with Crippen LogP contribution in [0.3, 0.4) is 0 Å². The summed E-state index contributed by atoms with van der Waals surface area (Å²) in [4.78, 5) is 35.8. The zero-order valence-corrected chi connectivity index (χ0v) is 26.4. The van der Waals surface area contributed by atoms with Crippen molar-refractivity contribution >= 4 is 28.6 Å². The number of hydrogen-bond acceptors (Lipinski definition) is 11. The molecule has 0 unspecified atom stereocenters. The molecule has 7 heterocycles. The number of anilines is 2. The fourth-order valence-corrected chi connectivity index (χ4v) is 8.05. The Morgan fingerprint density at radius 3 is 2.64 bits per heavy atom. The monoisotopic (exact) mass is 636 g/mol. The van der Waals surface area contributed by atoms with Gasteiger partial charge in [-0.15, -0.1) is 0 Å². The van der Waals surface area contributed by atoms with Gasteiger partial charge in [-0.25, -0.2) is 14.8 Å². The smallest absolute Gasteiger partial charge is 0.342 e. The van der Waals surface area contributed by atoms with Crippen LogP contribution in [0.1, 0.15) is 55.9 Å². The predicted molar refractivity (Wildman–Crippen MR) is 174 cm³/mol. The van der Waals surface area contributed by atoms with Crippen molar-refractivity contribution < 1.29 is 28.5 Å². The number of aromatic hydroxyl groups is 1. The molecule has 242 valence electrons. The Hall–Kier alpha value is -4.90. The molecule has 0 radical (unpaired) electrons. The van der Waals surface area contributed by atoms with E-state index in [0.29, 0.717) is 53.7 Å². The second kappa shape index (κ2) is 10.3. The van der Waals surface area contributed by atoms with Gasteiger partial charge in [-0.1, -0.05) is 12.2 Å². The maximum absolute atomic E-state index is 14.3. The normalized spacial score (nSPS) is 28.5. The maximum atomic E-state index is 14.3. The lowest BCUT2D eigenvalue weighted by Crippen LogP contribution is -2.53. The number of epoxide rings is 1. The van der Waals surface area contributed by atoms with E-state index in [2.05, 4.69) is 22.1 Å². The molecule has 5 N–H and O–H groups in total. The number of esters is 1. The second-order valence-corrected chi connectivity index (χ2v) is 13.7. The van der Waals surface area contributed by atoms with Crippen LogP contribution in [0.25, 0.3) is 22.2 Å². The minimum absolute atomic E-state index is 0.0698. The first kappa shape index (κ1) is 29.5. The van der Waals surface area contributed by atoms with E-state index in [-0.39, 0.29) is 40.1 Å². The third-order valence-corrected chi connectivity index (χ3v) is 10.2. The number of rotatable bonds is 4. The van der Waals surface area contributed by atoms with Gasteiger partial charge in [0, 0.05) is 41.3 Å². The minimum Gasteiger partial charge on any atom is -0.507 e. The summed E-state index contributed by atoms with van der Waals surface area (Å²) < 4.78 is 25.0. The number of phenols is 1. The molecule has 5 aliphatic rings. The number of ether oxygens (including phenoxy) is 3. The topological polar surface area (TPSA) is 176 Å². The SMILES string of the molecule is Cc1cc(=O)c2c(O)c3c(cc2o1)OC(C)(C)[C@@H]1OC(=O)[C@]2(O[C@@H]2CCc2cc(N)nc(-c4ccnc(N)c4)c2)[C@@H]2C=C[C@@H](CC2)[C@H]31. The third kappa shape index (κ3) is 4.66. The van der Waals surface area contributed by atoms with Gasteiger partial charge in [0.1, 0.15) is 51.6 Å². The number of aryl methyl sites for hydroxylation is 2. The van der Waals surface area contributed by atoms with Gasteiger partial charge in [-0.3, -0.25) is 4.79 Å². The van der Waals surface area contributed by atoms with Crippen LogP contribution >= 0.6 is 0 Å². The van der Waals surface area contributed by atoms with Crippen LogP contribution in [-0.4, -0.2) is 44.5 Å². The molecule has 47 heavy (non-hydrogen) atoms. The molecule has 3 aromatic heterocycles. The summed E-state index contributed by atoms with van der Waals surface area (Å²) in [6, 6.07) is 10.4. The van der Waals surface area contributed by atoms with E-state index in [9.17, 15) is 14.7 Å². The van der Waals surface area contributed by atoms with Crippen molar-refractivity contribution in [2.24, 2.45) is 11.8 Å². The first-order chi connectivity index (χ1) is 22.4. The minimum atomic E-state index is -1.13. The van der Waals surface area contributed by atoms with Crippen molar-refractivity contribution in [2.75, 3.05) is 11.5 Å². The molecular formula is C36H36N4O7. The Morgan fingerprint density at radius 1 is 1.04 bits per heavy atom. The third-order valence-electron chi connectivity index (χ3n) is 10.2. The number of carbonyl (C=O) groups excluding carboxylic acids is 1. The van der Waals surface area contributed by atoms with E-state index >= 15 is 0 Å². The van der Waals surface area contributed by atoms with Crippen molar-refractivity contribution in [3.05, 3.63) is 81.9 Å². The lowest BCUT2D eigenvalue weighted by molar-refractivity contribution is -0.172. The number of nitrogens with zero attached hydrogens (tertiary/aromatic N) is 2. The molecule has 1 spiro atoms. The van der Waals surface area contributed by atoms with Crippen LogP contribution in [0.15, 0.2) is 64.0 Å². The van der Waals surface area contributed by atoms with Crippen molar-refractivity contribution in [2.45, 2.75) is 75.8 Å². The molecule has 1 aliphatic carbocycles. The zero-order valence-electron chi connectivity index (χ0n) is 26.4. The van der Waals surface area contributed by atoms with Crippen LogP contribution < -0.4 is 21.6 Å². The van der Waals surface area contributed by atoms with Gasteiger partial charge in [-0.05, 0) is 82.2 Å². The number of pyridine rings is 2. The summed E-state index contributed by atoms with van der Waals surface area (Å²) in [7, 11) is 0. The number of phenolic OH excluding ortho intramolecular Hbond substituents is 1. The lowest BCUT2D eigenvalue weighted by Gasteiger charge is -2.46. The average molecular weight is 637 g/mol. The van der Waals surface area contributed by atoms with Crippen LogP contribution in [0.5, 0.6) is 11.5 Å². The van der Waals surface area contributed by atoms with Gasteiger partial charge in [0.05, 0.1) is 11.8 Å². The Morgan fingerprint density at radius 2 is 1.87 bits per heavy atom. The Balaban J connectivity index is 1.11. The van der Waals surface area contributed by atoms with Gasteiger partial charge < -0.3 is 35.2 Å². The first-order valence-corrected chi connectivity index (χ1v) is 16.0. The van der Waals surface area contributed by atoms with Crippen molar-refractivity contribution in [3.8, 4) is 22.8 Å². The number of aromatic nitrogens is 2. The van der Waals surface area contributed by atoms with E-state index in [1.165, 1.54) is 6.07 Å². The van der Waals surface area contributed by atoms with Gasteiger partial charge in [0.2, 0.25) is 0 Å². The molecule has 2 fully saturated rings. The average Bonchev–Trinajstić information content (AvgIpc) is 3.74. The lowest BCUT2D eigenvalue weighted by atomic mass is 9.69. The molecule has 9 rings (SSSR count). The number of benzene rings is 1. The van der Waals surface area contributed by atoms with Crippen molar-refractivity contribution in [3.63, 3.8) is 0 Å². The highest BCUT2D eigenvalue weighted by Gasteiger charge is 2.69. The largest absolute Gasteiger partial charge is 0.507 e. The first-order valence-electron chi connectivity index (χ1n) is 16.0. The summed E-state index contributed by atoms with van der Waals surface area (Å²) >= 11 is 0. The summed E-state index contributed by atoms with van der Waals surface area (Å²) in [6.07, 6.45) is 7.33. The molecule has 1 aromatic carbocycles. The quantitative estimate of drug-likeness (QED) is 0.157. The molecule has 11 heteroatoms. The highest BCUT2D eigenvalue weighted by molar-refractivity contribution is 5.88. The predicted octanol–water partition coefficient (Wildman–Crippen LogP) is 4.96. The number of fused-ring (bicyclic) bond motifs is 4. The zero-order chi connectivity index (χ0) is 32.8. The molecule has 4 aliphatic heterocycles. The highest BCUT2D eigenvalue weighted by Crippen LogP contribution is 2.58. The summed E-state index contributed by atoms with van der Waals surface area (Å²) in [5.41, 5.74) is 12.8. The fraction of sp³-hybridized carbons (Fsp3) is 0.389. The van der Waals surface area contributed by atoms with E-state index in [4.69, 9.17) is 30.1 Å². The molecule has 6 atom stereocenters. The van der Waals surface area contributed by atoms with Crippen LogP contribution in [0.4, 0.5) is 11.6 Å².